The molecule has 5 N–H and O–H groups in total. The Labute approximate surface area is 176 Å². The molecule has 0 aromatic heterocycles. The van der Waals surface area contributed by atoms with Gasteiger partial charge in [0.2, 0.25) is 5.91 Å². The monoisotopic (exact) mass is 435 g/mol. The number of β-lactam (4-membered cyclic amide) rings is 1. The maximum Gasteiger partial charge on any atom is 0.352 e. The molecule has 11 heteroatoms. The van der Waals surface area contributed by atoms with Crippen LogP contribution in [-0.2, 0) is 30.5 Å². The first-order chi connectivity index (χ1) is 14.2. The predicted molar refractivity (Wildman–Crippen MR) is 106 cm³/mol. The lowest BCUT2D eigenvalue weighted by Gasteiger charge is -2.49. The molecule has 3 atom stereocenters. The maximum atomic E-state index is 12.6. The molecule has 1 aromatic carbocycles. The van der Waals surface area contributed by atoms with E-state index in [0.717, 1.165) is 4.90 Å². The van der Waals surface area contributed by atoms with Crippen LogP contribution in [-0.4, -0.2) is 62.6 Å². The number of rotatable bonds is 7. The minimum Gasteiger partial charge on any atom is -0.477 e. The molecule has 1 unspecified atom stereocenters. The number of carbonyl (C=O) groups is 4. The van der Waals surface area contributed by atoms with Gasteiger partial charge in [0.25, 0.3) is 5.91 Å². The predicted octanol–water partition coefficient (Wildman–Crippen LogP) is -0.520. The summed E-state index contributed by atoms with van der Waals surface area (Å²) in [7, 11) is 0. The van der Waals surface area contributed by atoms with Gasteiger partial charge in [-0.3, -0.25) is 19.3 Å². The third kappa shape index (κ3) is 4.18. The average molecular weight is 435 g/mol. The number of esters is 1. The van der Waals surface area contributed by atoms with Crippen LogP contribution in [0.2, 0.25) is 0 Å². The first kappa shape index (κ1) is 21.8. The number of thioether (sulfide) groups is 1. The molecule has 10 nitrogen and oxygen atoms in total. The molecule has 0 spiro atoms. The Hall–Kier alpha value is -2.89. The standard InChI is InChI=1S/C19H21N3O7S/c1-9(24)29-7-12-8-30-18-14(17(26)22(18)15(12)19(27)28)21-16(25)13(20)11-4-2-10(6-23)3-5-11/h2-5,13-14,18,23H,6-8,20H2,1H3,(H,21,25)(H,27,28)/t13?,14-,18-/m1/s1. The van der Waals surface area contributed by atoms with Crippen molar-refractivity contribution >= 4 is 35.5 Å². The zero-order valence-corrected chi connectivity index (χ0v) is 16.8. The number of aliphatic carboxylic acids is 1. The van der Waals surface area contributed by atoms with Gasteiger partial charge in [-0.2, -0.15) is 0 Å². The number of fused-ring (bicyclic) bond motifs is 1. The second kappa shape index (κ2) is 8.86. The van der Waals surface area contributed by atoms with Crippen LogP contribution in [0.15, 0.2) is 35.5 Å². The molecule has 160 valence electrons. The van der Waals surface area contributed by atoms with E-state index >= 15 is 0 Å². The molecule has 1 fully saturated rings. The quantitative estimate of drug-likeness (QED) is 0.326. The van der Waals surface area contributed by atoms with Gasteiger partial charge in [-0.05, 0) is 11.1 Å². The summed E-state index contributed by atoms with van der Waals surface area (Å²) < 4.78 is 4.88. The third-order valence-corrected chi connectivity index (χ3v) is 6.14. The lowest BCUT2D eigenvalue weighted by molar-refractivity contribution is -0.151. The van der Waals surface area contributed by atoms with E-state index in [1.54, 1.807) is 24.3 Å². The van der Waals surface area contributed by atoms with Crippen LogP contribution in [0.25, 0.3) is 0 Å². The van der Waals surface area contributed by atoms with E-state index < -0.39 is 41.2 Å². The topological polar surface area (TPSA) is 159 Å². The fourth-order valence-corrected chi connectivity index (χ4v) is 4.54. The maximum absolute atomic E-state index is 12.6. The van der Waals surface area contributed by atoms with Gasteiger partial charge in [-0.15, -0.1) is 11.8 Å². The second-order valence-electron chi connectivity index (χ2n) is 6.81. The molecule has 1 aromatic rings. The van der Waals surface area contributed by atoms with Crippen molar-refractivity contribution in [2.45, 2.75) is 31.0 Å². The SMILES string of the molecule is CC(=O)OCC1=C(C(=O)O)N2C(=O)[C@@H](NC(=O)C(N)c3ccc(CO)cc3)[C@H]2SC1. The largest absolute Gasteiger partial charge is 0.477 e. The zero-order valence-electron chi connectivity index (χ0n) is 16.0. The summed E-state index contributed by atoms with van der Waals surface area (Å²) in [6.45, 7) is 0.860. The molecule has 0 bridgehead atoms. The highest BCUT2D eigenvalue weighted by atomic mass is 32.2. The van der Waals surface area contributed by atoms with E-state index in [2.05, 4.69) is 5.32 Å². The summed E-state index contributed by atoms with van der Waals surface area (Å²) in [5.41, 5.74) is 7.26. The van der Waals surface area contributed by atoms with E-state index in [4.69, 9.17) is 15.6 Å². The number of amides is 2. The van der Waals surface area contributed by atoms with Gasteiger partial charge >= 0.3 is 11.9 Å². The number of nitrogens with zero attached hydrogens (tertiary/aromatic N) is 1. The first-order valence-corrected chi connectivity index (χ1v) is 10.1. The van der Waals surface area contributed by atoms with Crippen LogP contribution in [0.4, 0.5) is 0 Å². The number of carboxylic acids is 1. The third-order valence-electron chi connectivity index (χ3n) is 4.80. The number of aliphatic hydroxyl groups excluding tert-OH is 1. The average Bonchev–Trinajstić information content (AvgIpc) is 2.74. The molecule has 2 aliphatic heterocycles. The fourth-order valence-electron chi connectivity index (χ4n) is 3.21. The number of ether oxygens (including phenoxy) is 1. The van der Waals surface area contributed by atoms with Crippen molar-refractivity contribution < 1.29 is 34.1 Å². The molecule has 0 aliphatic carbocycles. The molecule has 2 amide bonds. The minimum atomic E-state index is -1.30. The summed E-state index contributed by atoms with van der Waals surface area (Å²) in [5.74, 6) is -2.76. The number of nitrogens with one attached hydrogen (secondary N) is 1. The van der Waals surface area contributed by atoms with E-state index in [0.29, 0.717) is 16.7 Å². The number of carbonyl (C=O) groups excluding carboxylic acids is 3. The van der Waals surface area contributed by atoms with Crippen molar-refractivity contribution in [2.24, 2.45) is 5.73 Å². The van der Waals surface area contributed by atoms with E-state index in [1.807, 2.05) is 0 Å². The Kier molecular flexibility index (Phi) is 6.44. The lowest BCUT2D eigenvalue weighted by Crippen LogP contribution is -2.71. The fraction of sp³-hybridized carbons (Fsp3) is 0.368. The van der Waals surface area contributed by atoms with Crippen molar-refractivity contribution in [3.63, 3.8) is 0 Å². The van der Waals surface area contributed by atoms with E-state index in [9.17, 15) is 24.3 Å². The van der Waals surface area contributed by atoms with Crippen LogP contribution >= 0.6 is 11.8 Å². The second-order valence-corrected chi connectivity index (χ2v) is 7.92. The molecule has 2 aliphatic rings. The molecule has 0 saturated carbocycles. The molecule has 1 saturated heterocycles. The minimum absolute atomic E-state index is 0.133. The number of aliphatic hydroxyl groups is 1. The van der Waals surface area contributed by atoms with E-state index in [-0.39, 0.29) is 24.7 Å². The highest BCUT2D eigenvalue weighted by Crippen LogP contribution is 2.40. The molecule has 2 heterocycles. The molecule has 3 rings (SSSR count). The number of hydrogen-bond donors (Lipinski definition) is 4. The van der Waals surface area contributed by atoms with Crippen molar-refractivity contribution in [3.05, 3.63) is 46.7 Å². The Morgan fingerprint density at radius 1 is 1.33 bits per heavy atom. The van der Waals surface area contributed by atoms with Crippen LogP contribution in [0.3, 0.4) is 0 Å². The van der Waals surface area contributed by atoms with Gasteiger partial charge in [0.15, 0.2) is 0 Å². The van der Waals surface area contributed by atoms with Gasteiger partial charge < -0.3 is 26.0 Å². The van der Waals surface area contributed by atoms with E-state index in [1.165, 1.54) is 18.7 Å². The number of hydrogen-bond acceptors (Lipinski definition) is 8. The van der Waals surface area contributed by atoms with Crippen LogP contribution in [0, 0.1) is 0 Å². The van der Waals surface area contributed by atoms with Gasteiger partial charge in [0, 0.05) is 18.2 Å². The number of nitrogens with two attached hydrogens (primary N) is 1. The Morgan fingerprint density at radius 3 is 2.57 bits per heavy atom. The van der Waals surface area contributed by atoms with Crippen LogP contribution < -0.4 is 11.1 Å². The summed E-state index contributed by atoms with van der Waals surface area (Å²) in [4.78, 5) is 48.9. The van der Waals surface area contributed by atoms with Gasteiger partial charge in [0.1, 0.15) is 29.8 Å². The normalized spacial score (nSPS) is 21.4. The van der Waals surface area contributed by atoms with Crippen LogP contribution in [0.1, 0.15) is 24.1 Å². The highest BCUT2D eigenvalue weighted by Gasteiger charge is 2.54. The van der Waals surface area contributed by atoms with Crippen molar-refractivity contribution in [3.8, 4) is 0 Å². The Bertz CT molecular complexity index is 915. The highest BCUT2D eigenvalue weighted by molar-refractivity contribution is 8.00. The summed E-state index contributed by atoms with van der Waals surface area (Å²) in [6, 6.07) is 4.59. The number of benzene rings is 1. The van der Waals surface area contributed by atoms with Crippen molar-refractivity contribution in [2.75, 3.05) is 12.4 Å². The number of carboxylic acid groups (broad SMARTS) is 1. The molecule has 0 radical (unpaired) electrons. The summed E-state index contributed by atoms with van der Waals surface area (Å²) in [6.07, 6.45) is 0. The van der Waals surface area contributed by atoms with Gasteiger partial charge in [-0.25, -0.2) is 4.79 Å². The van der Waals surface area contributed by atoms with Gasteiger partial charge in [0.05, 0.1) is 6.61 Å². The van der Waals surface area contributed by atoms with Gasteiger partial charge in [-0.1, -0.05) is 24.3 Å². The Balaban J connectivity index is 1.70. The molecular formula is C19H21N3O7S. The van der Waals surface area contributed by atoms with Crippen molar-refractivity contribution in [1.29, 1.82) is 0 Å². The Morgan fingerprint density at radius 2 is 2.00 bits per heavy atom. The molecule has 30 heavy (non-hydrogen) atoms. The smallest absolute Gasteiger partial charge is 0.352 e. The lowest BCUT2D eigenvalue weighted by atomic mass is 10.0. The van der Waals surface area contributed by atoms with Crippen LogP contribution in [0.5, 0.6) is 0 Å². The first-order valence-electron chi connectivity index (χ1n) is 9.03. The molecular weight excluding hydrogens is 414 g/mol. The summed E-state index contributed by atoms with van der Waals surface area (Å²) in [5, 5.41) is 20.6. The zero-order chi connectivity index (χ0) is 22.0. The van der Waals surface area contributed by atoms with Crippen molar-refractivity contribution in [1.82, 2.24) is 10.2 Å². The summed E-state index contributed by atoms with van der Waals surface area (Å²) >= 11 is 1.27.